The number of rotatable bonds is 2. The van der Waals surface area contributed by atoms with Crippen LogP contribution in [0.4, 0.5) is 19.0 Å². The molecule has 9 heteroatoms. The maximum Gasteiger partial charge on any atom is 0.417 e. The lowest BCUT2D eigenvalue weighted by Crippen LogP contribution is -2.61. The van der Waals surface area contributed by atoms with Crippen LogP contribution in [0.25, 0.3) is 0 Å². The predicted molar refractivity (Wildman–Crippen MR) is 109 cm³/mol. The summed E-state index contributed by atoms with van der Waals surface area (Å²) in [6, 6.07) is 0.913. The molecule has 2 unspecified atom stereocenters. The second-order valence-corrected chi connectivity index (χ2v) is 10.9. The van der Waals surface area contributed by atoms with Crippen LogP contribution in [0.5, 0.6) is 0 Å². The van der Waals surface area contributed by atoms with Crippen LogP contribution in [-0.2, 0) is 11.0 Å². The average molecular weight is 462 g/mol. The number of piperazine rings is 1. The molecule has 4 saturated carbocycles. The minimum atomic E-state index is -4.47. The summed E-state index contributed by atoms with van der Waals surface area (Å²) >= 11 is 13.0. The van der Waals surface area contributed by atoms with E-state index in [2.05, 4.69) is 4.98 Å². The molecule has 6 rings (SSSR count). The molecule has 0 spiro atoms. The monoisotopic (exact) mass is 461 g/mol. The number of carbonyl (C=O) groups is 1. The topological polar surface area (TPSA) is 36.4 Å². The summed E-state index contributed by atoms with van der Waals surface area (Å²) in [5, 5.41) is -0.0187. The Morgan fingerprint density at radius 3 is 2.27 bits per heavy atom. The van der Waals surface area contributed by atoms with Crippen molar-refractivity contribution in [3.63, 3.8) is 0 Å². The van der Waals surface area contributed by atoms with Gasteiger partial charge in [-0.05, 0) is 56.4 Å². The summed E-state index contributed by atoms with van der Waals surface area (Å²) < 4.78 is 38.6. The Labute approximate surface area is 183 Å². The molecule has 2 heterocycles. The summed E-state index contributed by atoms with van der Waals surface area (Å²) in [5.74, 6) is 1.67. The van der Waals surface area contributed by atoms with Crippen LogP contribution in [0.15, 0.2) is 12.3 Å². The van der Waals surface area contributed by atoms with Crippen LogP contribution < -0.4 is 4.90 Å². The van der Waals surface area contributed by atoms with Crippen molar-refractivity contribution >= 4 is 34.9 Å². The number of hydrogen-bond acceptors (Lipinski definition) is 3. The van der Waals surface area contributed by atoms with Crippen LogP contribution in [0.1, 0.15) is 44.1 Å². The second-order valence-electron chi connectivity index (χ2n) is 9.70. The first-order valence-corrected chi connectivity index (χ1v) is 11.3. The van der Waals surface area contributed by atoms with Gasteiger partial charge in [-0.1, -0.05) is 11.6 Å². The van der Waals surface area contributed by atoms with E-state index in [1.807, 2.05) is 9.80 Å². The van der Waals surface area contributed by atoms with Gasteiger partial charge in [0.1, 0.15) is 5.82 Å². The highest BCUT2D eigenvalue weighted by atomic mass is 35.5. The van der Waals surface area contributed by atoms with E-state index < -0.39 is 11.7 Å². The summed E-state index contributed by atoms with van der Waals surface area (Å²) in [7, 11) is 0. The zero-order valence-electron chi connectivity index (χ0n) is 16.5. The van der Waals surface area contributed by atoms with Crippen LogP contribution >= 0.6 is 23.2 Å². The van der Waals surface area contributed by atoms with Gasteiger partial charge >= 0.3 is 6.18 Å². The number of halogens is 5. The van der Waals surface area contributed by atoms with E-state index in [1.165, 1.54) is 6.42 Å². The lowest BCUT2D eigenvalue weighted by molar-refractivity contribution is -0.156. The van der Waals surface area contributed by atoms with Crippen molar-refractivity contribution in [2.24, 2.45) is 17.3 Å². The number of alkyl halides is 4. The third-order valence-electron chi connectivity index (χ3n) is 7.46. The number of pyridine rings is 1. The smallest absolute Gasteiger partial charge is 0.352 e. The Morgan fingerprint density at radius 2 is 1.73 bits per heavy atom. The van der Waals surface area contributed by atoms with Gasteiger partial charge in [0.25, 0.3) is 0 Å². The molecular formula is C21H24Cl2F3N3O. The molecule has 4 nitrogen and oxygen atoms in total. The van der Waals surface area contributed by atoms with Crippen molar-refractivity contribution < 1.29 is 18.0 Å². The van der Waals surface area contributed by atoms with Crippen molar-refractivity contribution in [1.29, 1.82) is 0 Å². The average Bonchev–Trinajstić information content (AvgIpc) is 2.65. The number of nitrogens with zero attached hydrogens (tertiary/aromatic N) is 3. The largest absolute Gasteiger partial charge is 0.417 e. The van der Waals surface area contributed by atoms with Gasteiger partial charge < -0.3 is 9.80 Å². The summed E-state index contributed by atoms with van der Waals surface area (Å²) in [6.07, 6.45) is 2.28. The number of hydrogen-bond donors (Lipinski definition) is 0. The summed E-state index contributed by atoms with van der Waals surface area (Å²) in [6.45, 7) is 2.03. The van der Waals surface area contributed by atoms with E-state index in [0.717, 1.165) is 44.4 Å². The van der Waals surface area contributed by atoms with Crippen LogP contribution in [0, 0.1) is 17.3 Å². The van der Waals surface area contributed by atoms with Crippen molar-refractivity contribution in [3.05, 3.63) is 22.8 Å². The first kappa shape index (κ1) is 20.7. The zero-order chi connectivity index (χ0) is 21.3. The maximum absolute atomic E-state index is 13.5. The Morgan fingerprint density at radius 1 is 1.10 bits per heavy atom. The zero-order valence-corrected chi connectivity index (χ0v) is 18.0. The van der Waals surface area contributed by atoms with Gasteiger partial charge in [0.2, 0.25) is 5.91 Å². The van der Waals surface area contributed by atoms with Gasteiger partial charge in [-0.25, -0.2) is 4.98 Å². The SMILES string of the molecule is O=C(N1CCN(c2ncc(C(F)(F)F)cc2Cl)CC1)C12CC3CC(CC(Cl)(C3)C1)C2. The van der Waals surface area contributed by atoms with E-state index in [-0.39, 0.29) is 21.2 Å². The molecule has 4 bridgehead atoms. The molecule has 0 N–H and O–H groups in total. The fourth-order valence-electron chi connectivity index (χ4n) is 6.68. The Kier molecular flexibility index (Phi) is 4.75. The van der Waals surface area contributed by atoms with Crippen LogP contribution in [-0.4, -0.2) is 46.8 Å². The number of anilines is 1. The first-order valence-electron chi connectivity index (χ1n) is 10.5. The Hall–Kier alpha value is -1.21. The predicted octanol–water partition coefficient (Wildman–Crippen LogP) is 4.98. The lowest BCUT2D eigenvalue weighted by Gasteiger charge is -2.60. The molecular weight excluding hydrogens is 438 g/mol. The standard InChI is InChI=1S/C21H24Cl2F3N3O/c22-16-6-15(21(24,25)26)11-27-17(16)28-1-3-29(4-2-28)18(30)19-7-13-5-14(8-19)10-20(23,9-13)12-19/h6,11,13-14H,1-5,7-10,12H2. The fourth-order valence-corrected chi connectivity index (χ4v) is 7.65. The molecule has 164 valence electrons. The molecule has 5 fully saturated rings. The lowest BCUT2D eigenvalue weighted by atomic mass is 9.49. The summed E-state index contributed by atoms with van der Waals surface area (Å²) in [4.78, 5) is 21.1. The van der Waals surface area contributed by atoms with Crippen LogP contribution in [0.2, 0.25) is 5.02 Å². The molecule has 4 aliphatic carbocycles. The Balaban J connectivity index is 1.27. The highest BCUT2D eigenvalue weighted by molar-refractivity contribution is 6.33. The number of carbonyl (C=O) groups excluding carboxylic acids is 1. The van der Waals surface area contributed by atoms with Gasteiger partial charge in [-0.15, -0.1) is 11.6 Å². The van der Waals surface area contributed by atoms with Crippen molar-refractivity contribution in [2.75, 3.05) is 31.1 Å². The van der Waals surface area contributed by atoms with Crippen molar-refractivity contribution in [1.82, 2.24) is 9.88 Å². The van der Waals surface area contributed by atoms with Gasteiger partial charge in [0, 0.05) is 37.3 Å². The number of amides is 1. The molecule has 30 heavy (non-hydrogen) atoms. The van der Waals surface area contributed by atoms with E-state index >= 15 is 0 Å². The molecule has 1 amide bonds. The number of aromatic nitrogens is 1. The van der Waals surface area contributed by atoms with E-state index in [9.17, 15) is 18.0 Å². The van der Waals surface area contributed by atoms with E-state index in [0.29, 0.717) is 43.8 Å². The van der Waals surface area contributed by atoms with E-state index in [1.54, 1.807) is 0 Å². The van der Waals surface area contributed by atoms with Crippen LogP contribution in [0.3, 0.4) is 0 Å². The highest BCUT2D eigenvalue weighted by Gasteiger charge is 2.60. The van der Waals surface area contributed by atoms with Crippen molar-refractivity contribution in [2.45, 2.75) is 49.6 Å². The van der Waals surface area contributed by atoms with Gasteiger partial charge in [0.15, 0.2) is 0 Å². The van der Waals surface area contributed by atoms with E-state index in [4.69, 9.17) is 23.2 Å². The molecule has 1 saturated heterocycles. The minimum absolute atomic E-state index is 0.0187. The molecule has 0 aromatic carbocycles. The molecule has 1 aliphatic heterocycles. The normalized spacial score (nSPS) is 35.8. The molecule has 0 radical (unpaired) electrons. The second kappa shape index (κ2) is 6.89. The fraction of sp³-hybridized carbons (Fsp3) is 0.714. The molecule has 2 atom stereocenters. The molecule has 1 aromatic rings. The van der Waals surface area contributed by atoms with Gasteiger partial charge in [0.05, 0.1) is 16.0 Å². The highest BCUT2D eigenvalue weighted by Crippen LogP contribution is 2.64. The third kappa shape index (κ3) is 3.46. The van der Waals surface area contributed by atoms with Gasteiger partial charge in [-0.3, -0.25) is 4.79 Å². The Bertz CT molecular complexity index is 856. The molecule has 1 aromatic heterocycles. The maximum atomic E-state index is 13.5. The molecule has 5 aliphatic rings. The minimum Gasteiger partial charge on any atom is -0.352 e. The quantitative estimate of drug-likeness (QED) is 0.582. The summed E-state index contributed by atoms with van der Waals surface area (Å²) in [5.41, 5.74) is -1.18. The third-order valence-corrected chi connectivity index (χ3v) is 8.18. The first-order chi connectivity index (χ1) is 14.1. The van der Waals surface area contributed by atoms with Gasteiger partial charge in [-0.2, -0.15) is 13.2 Å². The van der Waals surface area contributed by atoms with Crippen molar-refractivity contribution in [3.8, 4) is 0 Å².